The van der Waals surface area contributed by atoms with E-state index in [4.69, 9.17) is 0 Å². The van der Waals surface area contributed by atoms with Crippen LogP contribution in [0.3, 0.4) is 0 Å². The Kier molecular flexibility index (Phi) is 1.83. The number of allylic oxidation sites excluding steroid dienone is 2. The van der Waals surface area contributed by atoms with Gasteiger partial charge in [0.05, 0.1) is 0 Å². The van der Waals surface area contributed by atoms with Crippen LogP contribution in [-0.4, -0.2) is 16.5 Å². The fourth-order valence-corrected chi connectivity index (χ4v) is 4.61. The zero-order valence-corrected chi connectivity index (χ0v) is 10.3. The van der Waals surface area contributed by atoms with Gasteiger partial charge in [0, 0.05) is 11.8 Å². The van der Waals surface area contributed by atoms with E-state index in [2.05, 4.69) is 20.8 Å². The van der Waals surface area contributed by atoms with Gasteiger partial charge in [-0.2, -0.15) is 0 Å². The minimum Gasteiger partial charge on any atom is -0.381 e. The Morgan fingerprint density at radius 2 is 2.12 bits per heavy atom. The van der Waals surface area contributed by atoms with Crippen molar-refractivity contribution in [1.82, 2.24) is 0 Å². The molecule has 0 aromatic rings. The first-order chi connectivity index (χ1) is 7.40. The predicted octanol–water partition coefficient (Wildman–Crippen LogP) is 2.46. The normalized spacial score (nSPS) is 50.0. The average molecular weight is 220 g/mol. The van der Waals surface area contributed by atoms with Crippen LogP contribution in [0.2, 0.25) is 0 Å². The third-order valence-electron chi connectivity index (χ3n) is 5.58. The van der Waals surface area contributed by atoms with Gasteiger partial charge in [-0.25, -0.2) is 0 Å². The molecule has 3 aliphatic rings. The Bertz CT molecular complexity index is 405. The minimum atomic E-state index is -1.01. The Balaban J connectivity index is 2.17. The molecule has 4 unspecified atom stereocenters. The Hall–Kier alpha value is -0.630. The van der Waals surface area contributed by atoms with Gasteiger partial charge >= 0.3 is 0 Å². The van der Waals surface area contributed by atoms with E-state index in [1.165, 1.54) is 11.1 Å². The van der Waals surface area contributed by atoms with E-state index < -0.39 is 5.60 Å². The van der Waals surface area contributed by atoms with Gasteiger partial charge in [-0.1, -0.05) is 18.1 Å². The molecule has 0 radical (unpaired) electrons. The van der Waals surface area contributed by atoms with Crippen molar-refractivity contribution >= 4 is 5.78 Å². The predicted molar refractivity (Wildman–Crippen MR) is 61.9 cm³/mol. The second-order valence-electron chi connectivity index (χ2n) is 6.36. The van der Waals surface area contributed by atoms with E-state index in [1.807, 2.05) is 0 Å². The largest absolute Gasteiger partial charge is 0.381 e. The van der Waals surface area contributed by atoms with Gasteiger partial charge in [0.15, 0.2) is 5.78 Å². The van der Waals surface area contributed by atoms with Gasteiger partial charge in [0.25, 0.3) is 0 Å². The summed E-state index contributed by atoms with van der Waals surface area (Å²) >= 11 is 0. The SMILES string of the molecule is CC(C)=C1CC2(C)C3CCC2(O)C(=O)CC13. The molecule has 3 saturated carbocycles. The van der Waals surface area contributed by atoms with Crippen LogP contribution in [0.25, 0.3) is 0 Å². The lowest BCUT2D eigenvalue weighted by atomic mass is 9.64. The number of carbonyl (C=O) groups is 1. The zero-order chi connectivity index (χ0) is 11.7. The molecule has 88 valence electrons. The highest BCUT2D eigenvalue weighted by atomic mass is 16.3. The van der Waals surface area contributed by atoms with Crippen molar-refractivity contribution in [2.75, 3.05) is 0 Å². The molecule has 4 atom stereocenters. The van der Waals surface area contributed by atoms with Gasteiger partial charge in [-0.05, 0) is 44.9 Å². The van der Waals surface area contributed by atoms with Gasteiger partial charge in [-0.3, -0.25) is 4.79 Å². The topological polar surface area (TPSA) is 37.3 Å². The van der Waals surface area contributed by atoms with Crippen molar-refractivity contribution in [3.05, 3.63) is 11.1 Å². The Morgan fingerprint density at radius 3 is 2.75 bits per heavy atom. The number of hydrogen-bond donors (Lipinski definition) is 1. The second-order valence-corrected chi connectivity index (χ2v) is 6.36. The van der Waals surface area contributed by atoms with E-state index in [0.717, 1.165) is 12.8 Å². The van der Waals surface area contributed by atoms with E-state index in [9.17, 15) is 9.90 Å². The van der Waals surface area contributed by atoms with E-state index in [-0.39, 0.29) is 11.2 Å². The Morgan fingerprint density at radius 1 is 1.44 bits per heavy atom. The van der Waals surface area contributed by atoms with E-state index >= 15 is 0 Å². The summed E-state index contributed by atoms with van der Waals surface area (Å²) in [5.74, 6) is 1.08. The summed E-state index contributed by atoms with van der Waals surface area (Å²) in [5.41, 5.74) is 1.64. The van der Waals surface area contributed by atoms with Crippen molar-refractivity contribution in [3.8, 4) is 0 Å². The maximum absolute atomic E-state index is 12.1. The lowest BCUT2D eigenvalue weighted by Gasteiger charge is -2.42. The molecule has 3 rings (SSSR count). The summed E-state index contributed by atoms with van der Waals surface area (Å²) in [6.45, 7) is 6.41. The van der Waals surface area contributed by atoms with Gasteiger partial charge < -0.3 is 5.11 Å². The quantitative estimate of drug-likeness (QED) is 0.637. The number of carbonyl (C=O) groups excluding carboxylic acids is 1. The Labute approximate surface area is 96.7 Å². The van der Waals surface area contributed by atoms with Crippen molar-refractivity contribution in [2.45, 2.75) is 52.1 Å². The van der Waals surface area contributed by atoms with Crippen molar-refractivity contribution in [1.29, 1.82) is 0 Å². The molecule has 0 aliphatic heterocycles. The monoisotopic (exact) mass is 220 g/mol. The maximum Gasteiger partial charge on any atom is 0.165 e. The summed E-state index contributed by atoms with van der Waals surface area (Å²) < 4.78 is 0. The molecule has 1 N–H and O–H groups in total. The van der Waals surface area contributed by atoms with Gasteiger partial charge in [-0.15, -0.1) is 0 Å². The molecule has 3 aliphatic carbocycles. The summed E-state index contributed by atoms with van der Waals surface area (Å²) in [4.78, 5) is 12.1. The smallest absolute Gasteiger partial charge is 0.165 e. The molecule has 0 amide bonds. The highest BCUT2D eigenvalue weighted by molar-refractivity contribution is 5.91. The lowest BCUT2D eigenvalue weighted by molar-refractivity contribution is -0.155. The first-order valence-corrected chi connectivity index (χ1v) is 6.32. The van der Waals surface area contributed by atoms with Crippen LogP contribution >= 0.6 is 0 Å². The average Bonchev–Trinajstić information content (AvgIpc) is 2.53. The fraction of sp³-hybridized carbons (Fsp3) is 0.786. The molecular weight excluding hydrogens is 200 g/mol. The van der Waals surface area contributed by atoms with Crippen LogP contribution in [0.1, 0.15) is 46.5 Å². The van der Waals surface area contributed by atoms with Crippen LogP contribution in [0.15, 0.2) is 11.1 Å². The van der Waals surface area contributed by atoms with E-state index in [0.29, 0.717) is 24.7 Å². The maximum atomic E-state index is 12.1. The standard InChI is InChI=1S/C14H20O2/c1-8(2)10-7-13(3)11-4-5-14(13,16)12(15)6-9(10)11/h9,11,16H,4-7H2,1-3H3. The number of rotatable bonds is 0. The minimum absolute atomic E-state index is 0.102. The molecule has 0 aromatic carbocycles. The number of aliphatic hydroxyl groups is 1. The van der Waals surface area contributed by atoms with Crippen molar-refractivity contribution in [2.24, 2.45) is 17.3 Å². The van der Waals surface area contributed by atoms with Gasteiger partial charge in [0.1, 0.15) is 5.60 Å². The van der Waals surface area contributed by atoms with Crippen LogP contribution in [-0.2, 0) is 4.79 Å². The molecule has 2 heteroatoms. The van der Waals surface area contributed by atoms with Crippen LogP contribution < -0.4 is 0 Å². The van der Waals surface area contributed by atoms with Crippen LogP contribution in [0.4, 0.5) is 0 Å². The molecule has 3 fully saturated rings. The first kappa shape index (κ1) is 10.5. The third kappa shape index (κ3) is 0.912. The van der Waals surface area contributed by atoms with Crippen molar-refractivity contribution in [3.63, 3.8) is 0 Å². The molecule has 4 bridgehead atoms. The number of Topliss-reactive ketones (excluding diaryl/α,β-unsaturated/α-hetero) is 1. The van der Waals surface area contributed by atoms with E-state index in [1.54, 1.807) is 0 Å². The highest BCUT2D eigenvalue weighted by Gasteiger charge is 2.69. The van der Waals surface area contributed by atoms with Crippen LogP contribution in [0, 0.1) is 17.3 Å². The lowest BCUT2D eigenvalue weighted by Crippen LogP contribution is -2.52. The third-order valence-corrected chi connectivity index (χ3v) is 5.58. The molecule has 16 heavy (non-hydrogen) atoms. The van der Waals surface area contributed by atoms with Crippen molar-refractivity contribution < 1.29 is 9.90 Å². The molecule has 2 nitrogen and oxygen atoms in total. The fourth-order valence-electron chi connectivity index (χ4n) is 4.61. The number of hydrogen-bond acceptors (Lipinski definition) is 2. The second kappa shape index (κ2) is 2.79. The first-order valence-electron chi connectivity index (χ1n) is 6.32. The molecule has 0 heterocycles. The summed E-state index contributed by atoms with van der Waals surface area (Å²) in [6, 6.07) is 0. The zero-order valence-electron chi connectivity index (χ0n) is 10.3. The molecular formula is C14H20O2. The highest BCUT2D eigenvalue weighted by Crippen LogP contribution is 2.68. The summed E-state index contributed by atoms with van der Waals surface area (Å²) in [6.07, 6.45) is 3.24. The number of ketones is 1. The molecule has 0 aromatic heterocycles. The van der Waals surface area contributed by atoms with Crippen LogP contribution in [0.5, 0.6) is 0 Å². The van der Waals surface area contributed by atoms with Gasteiger partial charge in [0.2, 0.25) is 0 Å². The summed E-state index contributed by atoms with van der Waals surface area (Å²) in [5, 5.41) is 10.7. The summed E-state index contributed by atoms with van der Waals surface area (Å²) in [7, 11) is 0. The molecule has 0 spiro atoms. The molecule has 0 saturated heterocycles.